The Labute approximate surface area is 137 Å². The normalized spacial score (nSPS) is 25.0. The molecule has 1 aliphatic carbocycles. The zero-order chi connectivity index (χ0) is 16.6. The minimum atomic E-state index is -0.484. The second-order valence-corrected chi connectivity index (χ2v) is 7.18. The summed E-state index contributed by atoms with van der Waals surface area (Å²) >= 11 is 0. The van der Waals surface area contributed by atoms with Crippen molar-refractivity contribution in [1.29, 1.82) is 0 Å². The van der Waals surface area contributed by atoms with E-state index in [0.717, 1.165) is 23.6 Å². The smallest absolute Gasteiger partial charge is 0.174 e. The molecule has 0 radical (unpaired) electrons. The lowest BCUT2D eigenvalue weighted by Crippen LogP contribution is -2.41. The van der Waals surface area contributed by atoms with Crippen LogP contribution in [0.4, 0.5) is 0 Å². The molecule has 1 saturated carbocycles. The average Bonchev–Trinajstić information content (AvgIpc) is 2.53. The van der Waals surface area contributed by atoms with Gasteiger partial charge < -0.3 is 0 Å². The molecular formula is C21H24O2. The monoisotopic (exact) mass is 308 g/mol. The Hall–Kier alpha value is -1.96. The zero-order valence-corrected chi connectivity index (χ0v) is 14.1. The largest absolute Gasteiger partial charge is 0.299 e. The number of carbonyl (C=O) groups is 2. The molecule has 0 spiro atoms. The van der Waals surface area contributed by atoms with Gasteiger partial charge in [-0.15, -0.1) is 0 Å². The van der Waals surface area contributed by atoms with Crippen LogP contribution >= 0.6 is 0 Å². The number of rotatable bonds is 3. The van der Waals surface area contributed by atoms with Gasteiger partial charge in [-0.05, 0) is 35.4 Å². The first-order valence-electron chi connectivity index (χ1n) is 8.56. The summed E-state index contributed by atoms with van der Waals surface area (Å²) in [6.07, 6.45) is 1.87. The summed E-state index contributed by atoms with van der Waals surface area (Å²) in [5.41, 5.74) is 0.692. The van der Waals surface area contributed by atoms with Crippen LogP contribution in [0, 0.1) is 23.7 Å². The highest BCUT2D eigenvalue weighted by atomic mass is 16.2. The molecule has 0 saturated heterocycles. The summed E-state index contributed by atoms with van der Waals surface area (Å²) < 4.78 is 0. The van der Waals surface area contributed by atoms with Gasteiger partial charge >= 0.3 is 0 Å². The van der Waals surface area contributed by atoms with E-state index >= 15 is 0 Å². The maximum atomic E-state index is 13.2. The molecule has 3 atom stereocenters. The second kappa shape index (κ2) is 6.27. The van der Waals surface area contributed by atoms with Crippen molar-refractivity contribution in [2.45, 2.75) is 33.6 Å². The highest BCUT2D eigenvalue weighted by Gasteiger charge is 2.41. The van der Waals surface area contributed by atoms with Crippen LogP contribution in [0.3, 0.4) is 0 Å². The molecule has 2 heteroatoms. The number of hydrogen-bond acceptors (Lipinski definition) is 2. The van der Waals surface area contributed by atoms with Crippen LogP contribution < -0.4 is 0 Å². The lowest BCUT2D eigenvalue weighted by Gasteiger charge is -2.34. The van der Waals surface area contributed by atoms with Crippen molar-refractivity contribution < 1.29 is 9.59 Å². The summed E-state index contributed by atoms with van der Waals surface area (Å²) in [5, 5.41) is 2.00. The van der Waals surface area contributed by atoms with E-state index in [1.54, 1.807) is 0 Å². The van der Waals surface area contributed by atoms with Crippen LogP contribution in [0.2, 0.25) is 0 Å². The minimum Gasteiger partial charge on any atom is -0.299 e. The number of hydrogen-bond donors (Lipinski definition) is 0. The van der Waals surface area contributed by atoms with Gasteiger partial charge in [0.2, 0.25) is 0 Å². The van der Waals surface area contributed by atoms with Crippen LogP contribution in [0.25, 0.3) is 10.8 Å². The number of benzene rings is 2. The average molecular weight is 308 g/mol. The van der Waals surface area contributed by atoms with Crippen molar-refractivity contribution in [2.75, 3.05) is 0 Å². The zero-order valence-electron chi connectivity index (χ0n) is 14.1. The first-order chi connectivity index (χ1) is 11.0. The Balaban J connectivity index is 2.02. The van der Waals surface area contributed by atoms with Gasteiger partial charge in [0.05, 0.1) is 5.92 Å². The van der Waals surface area contributed by atoms with Gasteiger partial charge in [0, 0.05) is 11.5 Å². The number of Topliss-reactive ketones (excluding diaryl/α,β-unsaturated/α-hetero) is 2. The van der Waals surface area contributed by atoms with Crippen LogP contribution in [0.15, 0.2) is 42.5 Å². The van der Waals surface area contributed by atoms with Crippen LogP contribution in [0.1, 0.15) is 44.0 Å². The molecule has 2 aromatic rings. The van der Waals surface area contributed by atoms with E-state index < -0.39 is 5.92 Å². The molecule has 120 valence electrons. The first kappa shape index (κ1) is 15.9. The third-order valence-corrected chi connectivity index (χ3v) is 5.32. The SMILES string of the molecule is CC(C)[C@H]1CC[C@@H](C)[C@@H](C(=O)c2cccc3ccccc23)C1=O. The van der Waals surface area contributed by atoms with Crippen LogP contribution in [0.5, 0.6) is 0 Å². The third kappa shape index (κ3) is 2.83. The fourth-order valence-corrected chi connectivity index (χ4v) is 3.92. The second-order valence-electron chi connectivity index (χ2n) is 7.18. The summed E-state index contributed by atoms with van der Waals surface area (Å²) in [6.45, 7) is 6.21. The minimum absolute atomic E-state index is 0.00431. The van der Waals surface area contributed by atoms with Gasteiger partial charge in [-0.25, -0.2) is 0 Å². The van der Waals surface area contributed by atoms with E-state index in [1.807, 2.05) is 49.4 Å². The summed E-state index contributed by atoms with van der Waals surface area (Å²) in [5.74, 6) is 0.125. The topological polar surface area (TPSA) is 34.1 Å². The molecule has 2 aromatic carbocycles. The fraction of sp³-hybridized carbons (Fsp3) is 0.429. The van der Waals surface area contributed by atoms with E-state index in [0.29, 0.717) is 11.5 Å². The summed E-state index contributed by atoms with van der Waals surface area (Å²) in [6, 6.07) is 13.7. The van der Waals surface area contributed by atoms with Crippen molar-refractivity contribution in [3.8, 4) is 0 Å². The molecule has 0 unspecified atom stereocenters. The molecule has 1 aliphatic rings. The van der Waals surface area contributed by atoms with Gasteiger partial charge in [-0.1, -0.05) is 63.2 Å². The van der Waals surface area contributed by atoms with Crippen molar-refractivity contribution in [1.82, 2.24) is 0 Å². The lowest BCUT2D eigenvalue weighted by atomic mass is 9.68. The van der Waals surface area contributed by atoms with E-state index in [1.165, 1.54) is 0 Å². The number of carbonyl (C=O) groups excluding carboxylic acids is 2. The molecule has 3 rings (SSSR count). The maximum Gasteiger partial charge on any atom is 0.174 e. The molecule has 23 heavy (non-hydrogen) atoms. The van der Waals surface area contributed by atoms with Gasteiger partial charge in [0.1, 0.15) is 5.78 Å². The van der Waals surface area contributed by atoms with E-state index in [9.17, 15) is 9.59 Å². The molecule has 0 N–H and O–H groups in total. The predicted octanol–water partition coefficient (Wildman–Crippen LogP) is 4.91. The molecule has 0 amide bonds. The molecule has 0 heterocycles. The Morgan fingerprint density at radius 3 is 2.48 bits per heavy atom. The van der Waals surface area contributed by atoms with Crippen molar-refractivity contribution in [3.63, 3.8) is 0 Å². The van der Waals surface area contributed by atoms with Crippen LogP contribution in [-0.4, -0.2) is 11.6 Å². The number of ketones is 2. The predicted molar refractivity (Wildman–Crippen MR) is 93.5 cm³/mol. The van der Waals surface area contributed by atoms with Crippen molar-refractivity contribution >= 4 is 22.3 Å². The molecule has 0 aromatic heterocycles. The van der Waals surface area contributed by atoms with E-state index in [-0.39, 0.29) is 23.4 Å². The van der Waals surface area contributed by atoms with Crippen LogP contribution in [-0.2, 0) is 4.79 Å². The molecule has 2 nitrogen and oxygen atoms in total. The Bertz CT molecular complexity index is 739. The Morgan fingerprint density at radius 2 is 1.74 bits per heavy atom. The molecule has 0 bridgehead atoms. The van der Waals surface area contributed by atoms with Crippen molar-refractivity contribution in [2.24, 2.45) is 23.7 Å². The van der Waals surface area contributed by atoms with Crippen molar-refractivity contribution in [3.05, 3.63) is 48.0 Å². The van der Waals surface area contributed by atoms with Gasteiger partial charge in [0.25, 0.3) is 0 Å². The van der Waals surface area contributed by atoms with E-state index in [2.05, 4.69) is 13.8 Å². The third-order valence-electron chi connectivity index (χ3n) is 5.32. The molecular weight excluding hydrogens is 284 g/mol. The van der Waals surface area contributed by atoms with E-state index in [4.69, 9.17) is 0 Å². The standard InChI is InChI=1S/C21H24O2/c1-13(2)16-12-11-14(3)19(20(16)22)21(23)18-10-6-8-15-7-4-5-9-17(15)18/h4-10,13-14,16,19H,11-12H2,1-3H3/t14-,16-,19-/m1/s1. The highest BCUT2D eigenvalue weighted by Crippen LogP contribution is 2.37. The Kier molecular flexibility index (Phi) is 4.34. The first-order valence-corrected chi connectivity index (χ1v) is 8.56. The molecule has 0 aliphatic heterocycles. The summed E-state index contributed by atoms with van der Waals surface area (Å²) in [4.78, 5) is 26.1. The van der Waals surface area contributed by atoms with Gasteiger partial charge in [-0.3, -0.25) is 9.59 Å². The fourth-order valence-electron chi connectivity index (χ4n) is 3.92. The number of fused-ring (bicyclic) bond motifs is 1. The highest BCUT2D eigenvalue weighted by molar-refractivity contribution is 6.17. The van der Waals surface area contributed by atoms with Gasteiger partial charge in [-0.2, -0.15) is 0 Å². The molecule has 1 fully saturated rings. The quantitative estimate of drug-likeness (QED) is 0.596. The maximum absolute atomic E-state index is 13.2. The summed E-state index contributed by atoms with van der Waals surface area (Å²) in [7, 11) is 0. The Morgan fingerprint density at radius 1 is 1.04 bits per heavy atom. The lowest BCUT2D eigenvalue weighted by molar-refractivity contribution is -0.130. The van der Waals surface area contributed by atoms with Gasteiger partial charge in [0.15, 0.2) is 5.78 Å².